The van der Waals surface area contributed by atoms with Crippen molar-refractivity contribution in [2.24, 2.45) is 10.8 Å². The van der Waals surface area contributed by atoms with Crippen LogP contribution in [0.5, 0.6) is 0 Å². The molecule has 0 aromatic rings. The molecule has 0 saturated carbocycles. The molecule has 6 atom stereocenters. The van der Waals surface area contributed by atoms with Gasteiger partial charge in [-0.3, -0.25) is 86.9 Å². The monoisotopic (exact) mass is 1290 g/mol. The van der Waals surface area contributed by atoms with E-state index in [-0.39, 0.29) is 164 Å². The van der Waals surface area contributed by atoms with E-state index in [0.717, 1.165) is 102 Å². The molecular weight excluding hydrogens is 1200 g/mol. The Balaban J connectivity index is 0.000000331. The summed E-state index contributed by atoms with van der Waals surface area (Å²) in [5.41, 5.74) is -1.57. The maximum Gasteiger partial charge on any atom is 0.253 e. The molecule has 6 aliphatic rings. The van der Waals surface area contributed by atoms with Gasteiger partial charge < -0.3 is 63.8 Å². The highest BCUT2D eigenvalue weighted by atomic mass is 16.5. The number of hydrogen-bond acceptors (Lipinski definition) is 25. The molecule has 31 nitrogen and oxygen atoms in total. The van der Waals surface area contributed by atoms with Crippen LogP contribution < -0.4 is 0 Å². The van der Waals surface area contributed by atoms with Crippen molar-refractivity contribution >= 4 is 70.9 Å². The van der Waals surface area contributed by atoms with Crippen LogP contribution in [-0.2, 0) is 90.7 Å². The van der Waals surface area contributed by atoms with Crippen molar-refractivity contribution < 1.29 is 121 Å². The molecule has 6 N–H and O–H groups in total. The first kappa shape index (κ1) is 74.5. The third-order valence-corrected chi connectivity index (χ3v) is 15.0. The molecule has 0 aromatic heterocycles. The van der Waals surface area contributed by atoms with Gasteiger partial charge in [-0.2, -0.15) is 0 Å². The van der Waals surface area contributed by atoms with Crippen LogP contribution in [0.15, 0.2) is 72.9 Å². The molecule has 0 radical (unpaired) electrons. The number of aliphatic hydroxyl groups is 6. The predicted octanol–water partition coefficient (Wildman–Crippen LogP) is -3.84. The van der Waals surface area contributed by atoms with Gasteiger partial charge in [0.15, 0.2) is 0 Å². The van der Waals surface area contributed by atoms with E-state index in [1.807, 2.05) is 6.92 Å². The number of hydrogen-bond donors (Lipinski definition) is 6. The minimum Gasteiger partial charge on any atom is -0.391 e. The fourth-order valence-corrected chi connectivity index (χ4v) is 9.51. The molecule has 0 aliphatic carbocycles. The molecule has 6 rings (SSSR count). The zero-order chi connectivity index (χ0) is 66.7. The van der Waals surface area contributed by atoms with Crippen molar-refractivity contribution in [1.29, 1.82) is 0 Å². The molecule has 0 fully saturated rings. The van der Waals surface area contributed by atoms with E-state index < -0.39 is 118 Å². The van der Waals surface area contributed by atoms with Gasteiger partial charge in [-0.25, -0.2) is 0 Å². The topological polar surface area (TPSA) is 410 Å². The van der Waals surface area contributed by atoms with E-state index >= 15 is 0 Å². The van der Waals surface area contributed by atoms with Gasteiger partial charge in [0.05, 0.1) is 128 Å². The number of amides is 12. The van der Waals surface area contributed by atoms with E-state index in [4.69, 9.17) is 33.2 Å². The zero-order valence-corrected chi connectivity index (χ0v) is 50.9. The fourth-order valence-electron chi connectivity index (χ4n) is 9.51. The highest BCUT2D eigenvalue weighted by Gasteiger charge is 2.36. The Labute approximate surface area is 524 Å². The molecule has 502 valence electrons. The van der Waals surface area contributed by atoms with E-state index in [9.17, 15) is 88.2 Å². The molecule has 6 aliphatic heterocycles. The molecule has 31 heteroatoms. The smallest absolute Gasteiger partial charge is 0.253 e. The largest absolute Gasteiger partial charge is 0.391 e. The van der Waals surface area contributed by atoms with Gasteiger partial charge in [0, 0.05) is 125 Å². The summed E-state index contributed by atoms with van der Waals surface area (Å²) in [5.74, 6) is -5.92. The van der Waals surface area contributed by atoms with E-state index in [1.54, 1.807) is 0 Å². The second kappa shape index (κ2) is 37.3. The molecular formula is C60H82N6O25. The molecule has 0 aromatic carbocycles. The predicted molar refractivity (Wildman–Crippen MR) is 311 cm³/mol. The molecule has 6 heterocycles. The van der Waals surface area contributed by atoms with E-state index in [1.165, 1.54) is 7.11 Å². The first-order valence-corrected chi connectivity index (χ1v) is 29.6. The van der Waals surface area contributed by atoms with Gasteiger partial charge in [0.25, 0.3) is 70.9 Å². The van der Waals surface area contributed by atoms with Crippen LogP contribution in [0.2, 0.25) is 0 Å². The minimum absolute atomic E-state index is 0.0344. The Kier molecular flexibility index (Phi) is 30.5. The number of carbonyl (C=O) groups excluding carboxylic acids is 12. The second-order valence-corrected chi connectivity index (χ2v) is 22.5. The number of methoxy groups -OCH3 is 1. The maximum absolute atomic E-state index is 11.8. The molecule has 0 bridgehead atoms. The van der Waals surface area contributed by atoms with Crippen LogP contribution in [0, 0.1) is 10.8 Å². The quantitative estimate of drug-likeness (QED) is 0.0251. The third kappa shape index (κ3) is 24.1. The highest BCUT2D eigenvalue weighted by Crippen LogP contribution is 2.26. The summed E-state index contributed by atoms with van der Waals surface area (Å²) in [7, 11) is 1.47. The van der Waals surface area contributed by atoms with Crippen LogP contribution in [0.4, 0.5) is 0 Å². The van der Waals surface area contributed by atoms with E-state index in [2.05, 4.69) is 0 Å². The standard InChI is InChI=1S/C30H41N3O13.C30H41N3O12/c1-43-17-30(18-44-11-8-21(34)14-31-24(37)2-3-25(31)38,19-45-12-9-22(35)15-32-26(39)4-5-27(32)40)20-46-13-10-23(36)16-33-28(41)6-7-29(33)42;1-2-30(18-43-12-9-21(34)15-31-24(37)3-4-25(31)38,19-44-13-10-22(35)16-32-26(39)5-6-27(32)40)20-45-14-11-23(36)17-33-28(41)7-8-29(33)42/h2-7,21-23,34-36H,8-20H2,1H3;3-8,21-23,34-36H,2,9-20H2,1H3. The van der Waals surface area contributed by atoms with Gasteiger partial charge in [-0.1, -0.05) is 6.92 Å². The van der Waals surface area contributed by atoms with Crippen molar-refractivity contribution in [3.05, 3.63) is 72.9 Å². The Bertz CT molecular complexity index is 2390. The second-order valence-electron chi connectivity index (χ2n) is 22.5. The molecule has 12 amide bonds. The van der Waals surface area contributed by atoms with Gasteiger partial charge in [0.2, 0.25) is 0 Å². The summed E-state index contributed by atoms with van der Waals surface area (Å²) in [4.78, 5) is 147. The number of aliphatic hydroxyl groups excluding tert-OH is 6. The fraction of sp³-hybridized carbons (Fsp3) is 0.600. The molecule has 91 heavy (non-hydrogen) atoms. The number of β-amino-alcohol motifs (C(OH)–C–C–N with tert-alkyl or cyclic N) is 6. The highest BCUT2D eigenvalue weighted by molar-refractivity contribution is 6.15. The van der Waals surface area contributed by atoms with Crippen LogP contribution >= 0.6 is 0 Å². The maximum atomic E-state index is 11.8. The van der Waals surface area contributed by atoms with Gasteiger partial charge in [-0.05, 0) is 44.9 Å². The number of carbonyl (C=O) groups is 12. The van der Waals surface area contributed by atoms with Crippen molar-refractivity contribution in [2.75, 3.05) is 132 Å². The molecule has 0 saturated heterocycles. The SMILES string of the molecule is CCC(COCCC(O)CN1C(=O)C=CC1=O)(COCCC(O)CN1C(=O)C=CC1=O)COCCC(O)CN1C(=O)C=CC1=O.COCC(COCCC(O)CN1C(=O)C=CC1=O)(COCCC(O)CN1C(=O)C=CC1=O)COCCC(O)CN1C(=O)C=CC1=O. The first-order chi connectivity index (χ1) is 43.4. The summed E-state index contributed by atoms with van der Waals surface area (Å²) in [6.07, 6.45) is 8.99. The molecule has 0 spiro atoms. The number of nitrogens with zero attached hydrogens (tertiary/aromatic N) is 6. The minimum atomic E-state index is -1.02. The Morgan fingerprint density at radius 1 is 0.286 bits per heavy atom. The average Bonchev–Trinajstić information content (AvgIpc) is 3.49. The Hall–Kier alpha value is -7.24. The lowest BCUT2D eigenvalue weighted by molar-refractivity contribution is -0.140. The normalized spacial score (nSPS) is 19.8. The number of imide groups is 6. The Morgan fingerprint density at radius 3 is 0.582 bits per heavy atom. The lowest BCUT2D eigenvalue weighted by atomic mass is 9.88. The lowest BCUT2D eigenvalue weighted by Gasteiger charge is -2.33. The summed E-state index contributed by atoms with van der Waals surface area (Å²) < 4.78 is 40.5. The van der Waals surface area contributed by atoms with Crippen molar-refractivity contribution in [1.82, 2.24) is 29.4 Å². The zero-order valence-electron chi connectivity index (χ0n) is 50.9. The van der Waals surface area contributed by atoms with Gasteiger partial charge >= 0.3 is 0 Å². The van der Waals surface area contributed by atoms with Crippen molar-refractivity contribution in [3.63, 3.8) is 0 Å². The van der Waals surface area contributed by atoms with Crippen LogP contribution in [0.25, 0.3) is 0 Å². The first-order valence-electron chi connectivity index (χ1n) is 29.6. The van der Waals surface area contributed by atoms with Crippen molar-refractivity contribution in [2.45, 2.75) is 88.5 Å². The van der Waals surface area contributed by atoms with Gasteiger partial charge in [0.1, 0.15) is 0 Å². The summed E-state index contributed by atoms with van der Waals surface area (Å²) in [5, 5.41) is 61.9. The summed E-state index contributed by atoms with van der Waals surface area (Å²) >= 11 is 0. The summed E-state index contributed by atoms with van der Waals surface area (Å²) in [6, 6.07) is 0. The lowest BCUT2D eigenvalue weighted by Crippen LogP contribution is -2.43. The Morgan fingerprint density at radius 2 is 0.440 bits per heavy atom. The molecule has 6 unspecified atom stereocenters. The number of rotatable bonds is 45. The van der Waals surface area contributed by atoms with Crippen molar-refractivity contribution in [3.8, 4) is 0 Å². The third-order valence-electron chi connectivity index (χ3n) is 15.0. The van der Waals surface area contributed by atoms with Crippen LogP contribution in [-0.4, -0.2) is 300 Å². The average molecular weight is 1290 g/mol. The van der Waals surface area contributed by atoms with Gasteiger partial charge in [-0.15, -0.1) is 0 Å². The van der Waals surface area contributed by atoms with Crippen LogP contribution in [0.1, 0.15) is 51.9 Å². The van der Waals surface area contributed by atoms with E-state index in [0.29, 0.717) is 6.42 Å². The van der Waals surface area contributed by atoms with Crippen LogP contribution in [0.3, 0.4) is 0 Å². The number of ether oxygens (including phenoxy) is 7. The summed E-state index contributed by atoms with van der Waals surface area (Å²) in [6.45, 7) is 2.09.